The highest BCUT2D eigenvalue weighted by atomic mass is 19.1. The van der Waals surface area contributed by atoms with Crippen LogP contribution in [0.4, 0.5) is 15.8 Å². The Morgan fingerprint density at radius 2 is 2.24 bits per heavy atom. The van der Waals surface area contributed by atoms with Gasteiger partial charge in [0.05, 0.1) is 29.7 Å². The highest BCUT2D eigenvalue weighted by Crippen LogP contribution is 2.38. The number of methoxy groups -OCH3 is 1. The monoisotopic (exact) mass is 298 g/mol. The number of halogens is 1. The van der Waals surface area contributed by atoms with E-state index in [0.717, 1.165) is 6.07 Å². The molecule has 0 saturated carbocycles. The molecule has 1 saturated heterocycles. The van der Waals surface area contributed by atoms with Gasteiger partial charge in [0.15, 0.2) is 11.6 Å². The van der Waals surface area contributed by atoms with E-state index in [-0.39, 0.29) is 11.4 Å². The van der Waals surface area contributed by atoms with E-state index in [9.17, 15) is 19.3 Å². The van der Waals surface area contributed by atoms with Gasteiger partial charge in [-0.1, -0.05) is 0 Å². The lowest BCUT2D eigenvalue weighted by Gasteiger charge is -2.26. The van der Waals surface area contributed by atoms with Crippen LogP contribution in [0.2, 0.25) is 0 Å². The Morgan fingerprint density at radius 3 is 2.71 bits per heavy atom. The number of rotatable bonds is 4. The Kier molecular flexibility index (Phi) is 3.97. The summed E-state index contributed by atoms with van der Waals surface area (Å²) in [4.78, 5) is 22.8. The Labute approximate surface area is 120 Å². The summed E-state index contributed by atoms with van der Waals surface area (Å²) in [5.74, 6) is -2.34. The molecule has 1 aliphatic heterocycles. The van der Waals surface area contributed by atoms with Crippen LogP contribution in [-0.4, -0.2) is 35.7 Å². The van der Waals surface area contributed by atoms with Gasteiger partial charge in [0.25, 0.3) is 0 Å². The molecule has 7 nitrogen and oxygen atoms in total. The van der Waals surface area contributed by atoms with Crippen LogP contribution < -0.4 is 9.64 Å². The summed E-state index contributed by atoms with van der Waals surface area (Å²) in [6.07, 6.45) is 0.398. The number of carboxylic acids is 1. The Balaban J connectivity index is 2.41. The van der Waals surface area contributed by atoms with E-state index in [1.54, 1.807) is 11.8 Å². The molecule has 0 bridgehead atoms. The highest BCUT2D eigenvalue weighted by Gasteiger charge is 2.37. The molecule has 1 aromatic rings. The third-order valence-electron chi connectivity index (χ3n) is 3.83. The molecule has 1 N–H and O–H groups in total. The quantitative estimate of drug-likeness (QED) is 0.675. The standard InChI is InChI=1S/C13H15FN2O5/c1-7-8(13(17)18)3-4-15(7)10-6-12(21-2)11(16(19)20)5-9(10)14/h5-8H,3-4H2,1-2H3,(H,17,18). The maximum atomic E-state index is 14.1. The molecule has 2 rings (SSSR count). The maximum Gasteiger partial charge on any atom is 0.313 e. The van der Waals surface area contributed by atoms with Crippen molar-refractivity contribution in [3.05, 3.63) is 28.1 Å². The average molecular weight is 298 g/mol. The molecule has 0 aliphatic carbocycles. The third-order valence-corrected chi connectivity index (χ3v) is 3.83. The van der Waals surface area contributed by atoms with E-state index in [0.29, 0.717) is 13.0 Å². The summed E-state index contributed by atoms with van der Waals surface area (Å²) < 4.78 is 19.1. The molecule has 21 heavy (non-hydrogen) atoms. The van der Waals surface area contributed by atoms with Gasteiger partial charge in [-0.3, -0.25) is 14.9 Å². The summed E-state index contributed by atoms with van der Waals surface area (Å²) in [6, 6.07) is 1.64. The molecule has 8 heteroatoms. The molecule has 1 heterocycles. The molecule has 1 aromatic carbocycles. The van der Waals surface area contributed by atoms with Gasteiger partial charge < -0.3 is 14.7 Å². The summed E-state index contributed by atoms with van der Waals surface area (Å²) in [5.41, 5.74) is -0.339. The van der Waals surface area contributed by atoms with Gasteiger partial charge >= 0.3 is 11.7 Å². The summed E-state index contributed by atoms with van der Waals surface area (Å²) >= 11 is 0. The fraction of sp³-hybridized carbons (Fsp3) is 0.462. The van der Waals surface area contributed by atoms with E-state index in [2.05, 4.69) is 0 Å². The van der Waals surface area contributed by atoms with Crippen LogP contribution in [0, 0.1) is 21.8 Å². The number of hydrogen-bond donors (Lipinski definition) is 1. The van der Waals surface area contributed by atoms with Gasteiger partial charge in [-0.25, -0.2) is 4.39 Å². The van der Waals surface area contributed by atoms with Crippen molar-refractivity contribution in [3.63, 3.8) is 0 Å². The Hall–Kier alpha value is -2.38. The highest BCUT2D eigenvalue weighted by molar-refractivity contribution is 5.73. The number of nitro benzene ring substituents is 1. The van der Waals surface area contributed by atoms with Crippen molar-refractivity contribution in [2.45, 2.75) is 19.4 Å². The number of nitrogens with zero attached hydrogens (tertiary/aromatic N) is 2. The second-order valence-electron chi connectivity index (χ2n) is 4.90. The minimum Gasteiger partial charge on any atom is -0.490 e. The number of ether oxygens (including phenoxy) is 1. The first kappa shape index (κ1) is 15.0. The van der Waals surface area contributed by atoms with Crippen molar-refractivity contribution in [2.24, 2.45) is 5.92 Å². The van der Waals surface area contributed by atoms with Crippen molar-refractivity contribution in [1.29, 1.82) is 0 Å². The van der Waals surface area contributed by atoms with Gasteiger partial charge in [-0.15, -0.1) is 0 Å². The predicted molar refractivity (Wildman–Crippen MR) is 72.2 cm³/mol. The van der Waals surface area contributed by atoms with E-state index < -0.39 is 34.4 Å². The zero-order valence-corrected chi connectivity index (χ0v) is 11.6. The van der Waals surface area contributed by atoms with Gasteiger partial charge in [0.1, 0.15) is 0 Å². The molecule has 1 aliphatic rings. The molecule has 0 amide bonds. The van der Waals surface area contributed by atoms with Crippen LogP contribution in [-0.2, 0) is 4.79 Å². The largest absolute Gasteiger partial charge is 0.490 e. The van der Waals surface area contributed by atoms with Crippen molar-refractivity contribution < 1.29 is 24.0 Å². The summed E-state index contributed by atoms with van der Waals surface area (Å²) in [5, 5.41) is 19.9. The predicted octanol–water partition coefficient (Wildman–Crippen LogP) is 2.04. The van der Waals surface area contributed by atoms with Crippen molar-refractivity contribution >= 4 is 17.3 Å². The fourth-order valence-corrected chi connectivity index (χ4v) is 2.67. The maximum absolute atomic E-state index is 14.1. The van der Waals surface area contributed by atoms with Crippen LogP contribution in [0.1, 0.15) is 13.3 Å². The minimum absolute atomic E-state index is 0.0534. The number of anilines is 1. The lowest BCUT2D eigenvalue weighted by Crippen LogP contribution is -2.33. The Morgan fingerprint density at radius 1 is 1.57 bits per heavy atom. The molecule has 1 fully saturated rings. The number of nitro groups is 1. The first-order chi connectivity index (χ1) is 9.86. The second kappa shape index (κ2) is 5.55. The lowest BCUT2D eigenvalue weighted by molar-refractivity contribution is -0.385. The summed E-state index contributed by atoms with van der Waals surface area (Å²) in [7, 11) is 1.26. The van der Waals surface area contributed by atoms with Crippen molar-refractivity contribution in [2.75, 3.05) is 18.6 Å². The normalized spacial score (nSPS) is 21.4. The molecule has 0 radical (unpaired) electrons. The molecule has 2 atom stereocenters. The van der Waals surface area contributed by atoms with E-state index in [4.69, 9.17) is 9.84 Å². The zero-order chi connectivity index (χ0) is 15.7. The first-order valence-electron chi connectivity index (χ1n) is 6.38. The van der Waals surface area contributed by atoms with E-state index in [1.807, 2.05) is 0 Å². The van der Waals surface area contributed by atoms with Crippen LogP contribution in [0.3, 0.4) is 0 Å². The van der Waals surface area contributed by atoms with Crippen molar-refractivity contribution in [3.8, 4) is 5.75 Å². The summed E-state index contributed by atoms with van der Waals surface area (Å²) in [6.45, 7) is 2.06. The van der Waals surface area contributed by atoms with Crippen LogP contribution >= 0.6 is 0 Å². The zero-order valence-electron chi connectivity index (χ0n) is 11.6. The average Bonchev–Trinajstić information content (AvgIpc) is 2.80. The number of hydrogen-bond acceptors (Lipinski definition) is 5. The van der Waals surface area contributed by atoms with E-state index >= 15 is 0 Å². The number of carboxylic acid groups (broad SMARTS) is 1. The minimum atomic E-state index is -0.931. The number of aliphatic carboxylic acids is 1. The second-order valence-corrected chi connectivity index (χ2v) is 4.90. The third kappa shape index (κ3) is 2.61. The molecule has 2 unspecified atom stereocenters. The molecular weight excluding hydrogens is 283 g/mol. The number of carbonyl (C=O) groups is 1. The lowest BCUT2D eigenvalue weighted by atomic mass is 10.0. The molecule has 114 valence electrons. The van der Waals surface area contributed by atoms with Gasteiger partial charge in [-0.05, 0) is 13.3 Å². The van der Waals surface area contributed by atoms with Gasteiger partial charge in [-0.2, -0.15) is 0 Å². The topological polar surface area (TPSA) is 92.9 Å². The molecule has 0 spiro atoms. The Bertz CT molecular complexity index is 592. The van der Waals surface area contributed by atoms with Crippen LogP contribution in [0.25, 0.3) is 0 Å². The SMILES string of the molecule is COc1cc(N2CCC(C(=O)O)C2C)c(F)cc1[N+](=O)[O-]. The molecular formula is C13H15FN2O5. The first-order valence-corrected chi connectivity index (χ1v) is 6.38. The fourth-order valence-electron chi connectivity index (χ4n) is 2.67. The van der Waals surface area contributed by atoms with Gasteiger partial charge in [0.2, 0.25) is 0 Å². The van der Waals surface area contributed by atoms with Crippen LogP contribution in [0.15, 0.2) is 12.1 Å². The van der Waals surface area contributed by atoms with Crippen LogP contribution in [0.5, 0.6) is 5.75 Å². The van der Waals surface area contributed by atoms with Gasteiger partial charge in [0, 0.05) is 18.7 Å². The van der Waals surface area contributed by atoms with Crippen molar-refractivity contribution in [1.82, 2.24) is 0 Å². The number of benzene rings is 1. The van der Waals surface area contributed by atoms with E-state index in [1.165, 1.54) is 13.2 Å². The smallest absolute Gasteiger partial charge is 0.313 e. The molecule has 0 aromatic heterocycles.